The molecule has 1 aliphatic rings. The van der Waals surface area contributed by atoms with Gasteiger partial charge in [0.05, 0.1) is 11.9 Å². The highest BCUT2D eigenvalue weighted by Crippen LogP contribution is 2.33. The minimum atomic E-state index is -4.87. The molecular weight excluding hydrogens is 477 g/mol. The van der Waals surface area contributed by atoms with E-state index in [1.54, 1.807) is 29.2 Å². The molecule has 0 radical (unpaired) electrons. The lowest BCUT2D eigenvalue weighted by atomic mass is 9.79. The molecule has 1 aliphatic carbocycles. The fourth-order valence-corrected chi connectivity index (χ4v) is 4.61. The van der Waals surface area contributed by atoms with Gasteiger partial charge in [0.25, 0.3) is 5.91 Å². The Morgan fingerprint density at radius 3 is 2.47 bits per heavy atom. The lowest BCUT2D eigenvalue weighted by Crippen LogP contribution is -2.49. The SMILES string of the molecule is Cc1cnn(C)c1-c1ccc(NC(=O)[C@@H](NC(=O)c2conc2C(F)(F)F)[C@H]2CC[C@H](C)CC2)nc1. The van der Waals surface area contributed by atoms with E-state index in [4.69, 9.17) is 0 Å². The summed E-state index contributed by atoms with van der Waals surface area (Å²) >= 11 is 0. The Morgan fingerprint density at radius 2 is 1.89 bits per heavy atom. The number of amides is 2. The molecular formula is C24H27F3N6O3. The molecule has 0 bridgehead atoms. The van der Waals surface area contributed by atoms with Crippen LogP contribution in [0.3, 0.4) is 0 Å². The molecule has 0 unspecified atom stereocenters. The molecule has 3 aromatic rings. The van der Waals surface area contributed by atoms with Gasteiger partial charge < -0.3 is 15.2 Å². The standard InChI is InChI=1S/C24H27F3N6O3/c1-13-4-6-15(7-5-13)19(31-22(34)17-12-36-32-21(17)24(25,26)27)23(35)30-18-9-8-16(11-28-18)20-14(2)10-29-33(20)3/h8-13,15,19H,4-7H2,1-3H3,(H,31,34)(H,28,30,35)/t13-,15-,19-/m0/s1. The van der Waals surface area contributed by atoms with Crippen LogP contribution in [0, 0.1) is 18.8 Å². The van der Waals surface area contributed by atoms with Crippen LogP contribution in [-0.4, -0.2) is 37.8 Å². The van der Waals surface area contributed by atoms with Gasteiger partial charge in [0.1, 0.15) is 23.7 Å². The average Bonchev–Trinajstić information content (AvgIpc) is 3.46. The van der Waals surface area contributed by atoms with Gasteiger partial charge in [-0.2, -0.15) is 18.3 Å². The predicted octanol–water partition coefficient (Wildman–Crippen LogP) is 4.36. The second kappa shape index (κ2) is 10.1. The molecule has 3 aromatic heterocycles. The number of alkyl halides is 3. The van der Waals surface area contributed by atoms with Gasteiger partial charge in [-0.15, -0.1) is 0 Å². The minimum Gasteiger partial charge on any atom is -0.363 e. The second-order valence-electron chi connectivity index (χ2n) is 9.27. The molecule has 0 spiro atoms. The van der Waals surface area contributed by atoms with Crippen molar-refractivity contribution >= 4 is 17.6 Å². The first-order valence-corrected chi connectivity index (χ1v) is 11.6. The van der Waals surface area contributed by atoms with Crippen molar-refractivity contribution in [3.63, 3.8) is 0 Å². The number of aromatic nitrogens is 4. The molecule has 2 amide bonds. The molecule has 0 saturated heterocycles. The second-order valence-corrected chi connectivity index (χ2v) is 9.27. The van der Waals surface area contributed by atoms with Crippen LogP contribution in [-0.2, 0) is 18.0 Å². The zero-order valence-corrected chi connectivity index (χ0v) is 20.1. The minimum absolute atomic E-state index is 0.240. The van der Waals surface area contributed by atoms with E-state index >= 15 is 0 Å². The summed E-state index contributed by atoms with van der Waals surface area (Å²) in [5.74, 6) is -1.13. The number of aryl methyl sites for hydroxylation is 2. The number of pyridine rings is 1. The number of nitrogens with one attached hydrogen (secondary N) is 2. The molecule has 4 rings (SSSR count). The summed E-state index contributed by atoms with van der Waals surface area (Å²) in [5.41, 5.74) is 0.467. The number of carbonyl (C=O) groups is 2. The van der Waals surface area contributed by atoms with Crippen molar-refractivity contribution in [3.05, 3.63) is 47.6 Å². The Bertz CT molecular complexity index is 1210. The Labute approximate surface area is 205 Å². The number of rotatable bonds is 6. The monoisotopic (exact) mass is 504 g/mol. The van der Waals surface area contributed by atoms with Crippen LogP contribution in [0.1, 0.15) is 54.2 Å². The third-order valence-electron chi connectivity index (χ3n) is 6.59. The maximum Gasteiger partial charge on any atom is 0.437 e. The van der Waals surface area contributed by atoms with Crippen LogP contribution >= 0.6 is 0 Å². The molecule has 0 aliphatic heterocycles. The van der Waals surface area contributed by atoms with E-state index in [-0.39, 0.29) is 11.7 Å². The molecule has 9 nitrogen and oxygen atoms in total. The summed E-state index contributed by atoms with van der Waals surface area (Å²) in [6.07, 6.45) is 2.12. The fraction of sp³-hybridized carbons (Fsp3) is 0.458. The number of halogens is 3. The lowest BCUT2D eigenvalue weighted by molar-refractivity contribution is -0.143. The smallest absolute Gasteiger partial charge is 0.363 e. The Kier molecular flexibility index (Phi) is 7.14. The third kappa shape index (κ3) is 5.42. The average molecular weight is 505 g/mol. The van der Waals surface area contributed by atoms with Crippen LogP contribution in [0.4, 0.5) is 19.0 Å². The van der Waals surface area contributed by atoms with Crippen LogP contribution < -0.4 is 10.6 Å². The maximum absolute atomic E-state index is 13.3. The van der Waals surface area contributed by atoms with E-state index < -0.39 is 35.3 Å². The first-order valence-electron chi connectivity index (χ1n) is 11.6. The Hall–Kier alpha value is -3.70. The van der Waals surface area contributed by atoms with E-state index in [9.17, 15) is 22.8 Å². The summed E-state index contributed by atoms with van der Waals surface area (Å²) in [7, 11) is 1.82. The van der Waals surface area contributed by atoms with Gasteiger partial charge in [-0.1, -0.05) is 24.9 Å². The normalized spacial score (nSPS) is 19.1. The van der Waals surface area contributed by atoms with Crippen molar-refractivity contribution < 1.29 is 27.3 Å². The van der Waals surface area contributed by atoms with E-state index in [1.807, 2.05) is 14.0 Å². The summed E-state index contributed by atoms with van der Waals surface area (Å²) in [5, 5.41) is 12.3. The Balaban J connectivity index is 1.53. The van der Waals surface area contributed by atoms with Crippen molar-refractivity contribution in [2.75, 3.05) is 5.32 Å². The van der Waals surface area contributed by atoms with Crippen LogP contribution in [0.25, 0.3) is 11.3 Å². The number of anilines is 1. The van der Waals surface area contributed by atoms with Gasteiger partial charge in [-0.25, -0.2) is 4.98 Å². The van der Waals surface area contributed by atoms with Crippen LogP contribution in [0.5, 0.6) is 0 Å². The zero-order chi connectivity index (χ0) is 26.0. The quantitative estimate of drug-likeness (QED) is 0.516. The molecule has 0 aromatic carbocycles. The van der Waals surface area contributed by atoms with Crippen molar-refractivity contribution in [3.8, 4) is 11.3 Å². The van der Waals surface area contributed by atoms with Gasteiger partial charge in [-0.05, 0) is 49.3 Å². The largest absolute Gasteiger partial charge is 0.437 e. The predicted molar refractivity (Wildman–Crippen MR) is 124 cm³/mol. The van der Waals surface area contributed by atoms with Crippen molar-refractivity contribution in [1.82, 2.24) is 25.2 Å². The molecule has 12 heteroatoms. The van der Waals surface area contributed by atoms with E-state index in [0.717, 1.165) is 29.7 Å². The van der Waals surface area contributed by atoms with Crippen molar-refractivity contribution in [2.24, 2.45) is 18.9 Å². The lowest BCUT2D eigenvalue weighted by Gasteiger charge is -2.32. The highest BCUT2D eigenvalue weighted by Gasteiger charge is 2.41. The molecule has 1 fully saturated rings. The number of hydrogen-bond donors (Lipinski definition) is 2. The highest BCUT2D eigenvalue weighted by atomic mass is 19.4. The van der Waals surface area contributed by atoms with Gasteiger partial charge in [0.15, 0.2) is 5.69 Å². The zero-order valence-electron chi connectivity index (χ0n) is 20.1. The summed E-state index contributed by atoms with van der Waals surface area (Å²) in [4.78, 5) is 30.3. The van der Waals surface area contributed by atoms with E-state index in [1.165, 1.54) is 0 Å². The molecule has 3 heterocycles. The van der Waals surface area contributed by atoms with Gasteiger partial charge >= 0.3 is 6.18 Å². The van der Waals surface area contributed by atoms with Gasteiger partial charge in [0.2, 0.25) is 5.91 Å². The fourth-order valence-electron chi connectivity index (χ4n) is 4.61. The number of nitrogens with zero attached hydrogens (tertiary/aromatic N) is 4. The third-order valence-corrected chi connectivity index (χ3v) is 6.59. The Morgan fingerprint density at radius 1 is 1.17 bits per heavy atom. The van der Waals surface area contributed by atoms with Gasteiger partial charge in [0, 0.05) is 18.8 Å². The van der Waals surface area contributed by atoms with Crippen molar-refractivity contribution in [1.29, 1.82) is 0 Å². The van der Waals surface area contributed by atoms with E-state index in [2.05, 4.69) is 37.3 Å². The number of hydrogen-bond acceptors (Lipinski definition) is 6. The van der Waals surface area contributed by atoms with Crippen molar-refractivity contribution in [2.45, 2.75) is 51.7 Å². The van der Waals surface area contributed by atoms with Gasteiger partial charge in [-0.3, -0.25) is 14.3 Å². The maximum atomic E-state index is 13.3. The molecule has 1 atom stereocenters. The molecule has 1 saturated carbocycles. The highest BCUT2D eigenvalue weighted by molar-refractivity contribution is 6.01. The van der Waals surface area contributed by atoms with Crippen LogP contribution in [0.15, 0.2) is 35.3 Å². The van der Waals surface area contributed by atoms with Crippen LogP contribution in [0.2, 0.25) is 0 Å². The molecule has 192 valence electrons. The summed E-state index contributed by atoms with van der Waals surface area (Å²) in [6, 6.07) is 2.36. The summed E-state index contributed by atoms with van der Waals surface area (Å²) in [6.45, 7) is 4.03. The topological polar surface area (TPSA) is 115 Å². The summed E-state index contributed by atoms with van der Waals surface area (Å²) < 4.78 is 45.8. The molecule has 2 N–H and O–H groups in total. The first kappa shape index (κ1) is 25.4. The molecule has 36 heavy (non-hydrogen) atoms. The van der Waals surface area contributed by atoms with E-state index in [0.29, 0.717) is 25.0 Å². The number of carbonyl (C=O) groups excluding carboxylic acids is 2. The first-order chi connectivity index (χ1) is 17.0.